The second-order valence-corrected chi connectivity index (χ2v) is 9.13. The summed E-state index contributed by atoms with van der Waals surface area (Å²) in [5.41, 5.74) is 0.823. The number of nitrogens with one attached hydrogen (secondary N) is 1. The number of anilines is 1. The zero-order chi connectivity index (χ0) is 16.4. The highest BCUT2D eigenvalue weighted by molar-refractivity contribution is 7.88. The number of amides is 1. The van der Waals surface area contributed by atoms with Crippen molar-refractivity contribution in [2.24, 2.45) is 0 Å². The van der Waals surface area contributed by atoms with E-state index in [9.17, 15) is 13.2 Å². The molecule has 1 aliphatic rings. The predicted molar refractivity (Wildman–Crippen MR) is 93.2 cm³/mol. The third-order valence-electron chi connectivity index (χ3n) is 3.69. The van der Waals surface area contributed by atoms with Crippen molar-refractivity contribution in [1.29, 1.82) is 0 Å². The van der Waals surface area contributed by atoms with Crippen LogP contribution in [0.15, 0.2) is 22.9 Å². The lowest BCUT2D eigenvalue weighted by atomic mass is 10.0. The number of hydrogen-bond acceptors (Lipinski definition) is 6. The van der Waals surface area contributed by atoms with E-state index in [4.69, 9.17) is 0 Å². The van der Waals surface area contributed by atoms with Crippen molar-refractivity contribution < 1.29 is 13.2 Å². The van der Waals surface area contributed by atoms with E-state index < -0.39 is 16.1 Å². The van der Waals surface area contributed by atoms with E-state index in [1.54, 1.807) is 11.3 Å². The van der Waals surface area contributed by atoms with Crippen molar-refractivity contribution in [1.82, 2.24) is 9.29 Å². The number of hydrogen-bond donors (Lipinski definition) is 1. The maximum Gasteiger partial charge on any atom is 0.244 e. The smallest absolute Gasteiger partial charge is 0.244 e. The minimum atomic E-state index is -3.39. The average molecular weight is 372 g/mol. The highest BCUT2D eigenvalue weighted by atomic mass is 32.2. The Balaban J connectivity index is 1.73. The molecule has 2 aromatic rings. The van der Waals surface area contributed by atoms with E-state index in [0.717, 1.165) is 29.7 Å². The van der Waals surface area contributed by atoms with E-state index >= 15 is 0 Å². The van der Waals surface area contributed by atoms with Crippen molar-refractivity contribution in [2.75, 3.05) is 18.1 Å². The van der Waals surface area contributed by atoms with Crippen LogP contribution in [0.25, 0.3) is 10.6 Å². The van der Waals surface area contributed by atoms with Gasteiger partial charge in [-0.25, -0.2) is 13.4 Å². The summed E-state index contributed by atoms with van der Waals surface area (Å²) in [5.74, 6) is -0.304. The Kier molecular flexibility index (Phi) is 4.81. The fraction of sp³-hybridized carbons (Fsp3) is 0.429. The van der Waals surface area contributed by atoms with Crippen LogP contribution in [0.5, 0.6) is 0 Å². The van der Waals surface area contributed by atoms with Gasteiger partial charge in [0, 0.05) is 11.9 Å². The van der Waals surface area contributed by atoms with Crippen LogP contribution in [0.1, 0.15) is 19.3 Å². The summed E-state index contributed by atoms with van der Waals surface area (Å²) in [7, 11) is -3.39. The van der Waals surface area contributed by atoms with E-state index in [-0.39, 0.29) is 5.91 Å². The second-order valence-electron chi connectivity index (χ2n) is 5.39. The van der Waals surface area contributed by atoms with Gasteiger partial charge in [-0.1, -0.05) is 12.5 Å². The van der Waals surface area contributed by atoms with Gasteiger partial charge >= 0.3 is 0 Å². The Morgan fingerprint density at radius 2 is 2.22 bits per heavy atom. The molecule has 3 heterocycles. The molecule has 1 unspecified atom stereocenters. The topological polar surface area (TPSA) is 79.4 Å². The SMILES string of the molecule is CS(=O)(=O)N1CCCCC1C(=O)Nc1nc(-c2cccs2)cs1. The van der Waals surface area contributed by atoms with E-state index in [1.807, 2.05) is 22.9 Å². The summed E-state index contributed by atoms with van der Waals surface area (Å²) in [4.78, 5) is 17.9. The first-order valence-corrected chi connectivity index (χ1v) is 10.8. The molecule has 0 spiro atoms. The molecule has 0 aliphatic carbocycles. The molecular weight excluding hydrogens is 354 g/mol. The number of sulfonamides is 1. The number of piperidine rings is 1. The van der Waals surface area contributed by atoms with Gasteiger partial charge in [0.1, 0.15) is 6.04 Å². The molecule has 23 heavy (non-hydrogen) atoms. The van der Waals surface area contributed by atoms with Crippen molar-refractivity contribution in [3.05, 3.63) is 22.9 Å². The van der Waals surface area contributed by atoms with Gasteiger partial charge in [-0.3, -0.25) is 4.79 Å². The van der Waals surface area contributed by atoms with Gasteiger partial charge < -0.3 is 5.32 Å². The van der Waals surface area contributed by atoms with Crippen LogP contribution in [0.4, 0.5) is 5.13 Å². The molecular formula is C14H17N3O3S3. The van der Waals surface area contributed by atoms with Gasteiger partial charge in [-0.2, -0.15) is 4.31 Å². The monoisotopic (exact) mass is 371 g/mol. The largest absolute Gasteiger partial charge is 0.301 e. The standard InChI is InChI=1S/C14H17N3O3S3/c1-23(19,20)17-7-3-2-5-11(17)13(18)16-14-15-10(9-22-14)12-6-4-8-21-12/h4,6,8-9,11H,2-3,5,7H2,1H3,(H,15,16,18). The molecule has 1 atom stereocenters. The molecule has 124 valence electrons. The number of thiazole rings is 1. The third-order valence-corrected chi connectivity index (χ3v) is 6.63. The summed E-state index contributed by atoms with van der Waals surface area (Å²) in [5, 5.41) is 7.12. The Morgan fingerprint density at radius 1 is 1.39 bits per heavy atom. The quantitative estimate of drug-likeness (QED) is 0.896. The van der Waals surface area contributed by atoms with Gasteiger partial charge in [0.2, 0.25) is 15.9 Å². The maximum atomic E-state index is 12.5. The maximum absolute atomic E-state index is 12.5. The molecule has 0 radical (unpaired) electrons. The first-order valence-electron chi connectivity index (χ1n) is 7.22. The number of thiophene rings is 1. The minimum absolute atomic E-state index is 0.304. The number of aromatic nitrogens is 1. The van der Waals surface area contributed by atoms with Crippen LogP contribution >= 0.6 is 22.7 Å². The molecule has 1 saturated heterocycles. The van der Waals surface area contributed by atoms with Crippen LogP contribution in [0.3, 0.4) is 0 Å². The lowest BCUT2D eigenvalue weighted by Gasteiger charge is -2.32. The zero-order valence-electron chi connectivity index (χ0n) is 12.6. The first-order chi connectivity index (χ1) is 10.9. The Morgan fingerprint density at radius 3 is 2.91 bits per heavy atom. The van der Waals surface area contributed by atoms with Gasteiger partial charge in [0.15, 0.2) is 5.13 Å². The Bertz CT molecular complexity index is 783. The zero-order valence-corrected chi connectivity index (χ0v) is 15.0. The summed E-state index contributed by atoms with van der Waals surface area (Å²) in [6.45, 7) is 0.398. The lowest BCUT2D eigenvalue weighted by molar-refractivity contribution is -0.120. The molecule has 0 aromatic carbocycles. The summed E-state index contributed by atoms with van der Waals surface area (Å²) in [6.07, 6.45) is 3.33. The summed E-state index contributed by atoms with van der Waals surface area (Å²) < 4.78 is 25.0. The molecule has 9 heteroatoms. The van der Waals surface area contributed by atoms with Crippen molar-refractivity contribution in [3.8, 4) is 10.6 Å². The number of carbonyl (C=O) groups is 1. The van der Waals surface area contributed by atoms with Crippen molar-refractivity contribution in [2.45, 2.75) is 25.3 Å². The van der Waals surface area contributed by atoms with Crippen molar-refractivity contribution in [3.63, 3.8) is 0 Å². The lowest BCUT2D eigenvalue weighted by Crippen LogP contribution is -2.49. The highest BCUT2D eigenvalue weighted by Gasteiger charge is 2.34. The molecule has 6 nitrogen and oxygen atoms in total. The van der Waals surface area contributed by atoms with Crippen LogP contribution in [-0.4, -0.2) is 42.5 Å². The van der Waals surface area contributed by atoms with Crippen LogP contribution in [0, 0.1) is 0 Å². The van der Waals surface area contributed by atoms with Gasteiger partial charge in [-0.05, 0) is 24.3 Å². The molecule has 2 aromatic heterocycles. The minimum Gasteiger partial charge on any atom is -0.301 e. The van der Waals surface area contributed by atoms with Crippen molar-refractivity contribution >= 4 is 43.7 Å². The average Bonchev–Trinajstić information content (AvgIpc) is 3.17. The van der Waals surface area contributed by atoms with Gasteiger partial charge in [0.25, 0.3) is 0 Å². The van der Waals surface area contributed by atoms with Crippen LogP contribution < -0.4 is 5.32 Å². The van der Waals surface area contributed by atoms with Gasteiger partial charge in [-0.15, -0.1) is 22.7 Å². The second kappa shape index (κ2) is 6.68. The molecule has 0 saturated carbocycles. The number of carbonyl (C=O) groups excluding carboxylic acids is 1. The molecule has 0 bridgehead atoms. The van der Waals surface area contributed by atoms with Crippen LogP contribution in [-0.2, 0) is 14.8 Å². The fourth-order valence-corrected chi connectivity index (χ4v) is 5.22. The Hall–Kier alpha value is -1.29. The fourth-order valence-electron chi connectivity index (χ4n) is 2.62. The number of rotatable bonds is 4. The molecule has 1 N–H and O–H groups in total. The Labute approximate surface area is 143 Å². The molecule has 1 amide bonds. The molecule has 1 fully saturated rings. The molecule has 1 aliphatic heterocycles. The first kappa shape index (κ1) is 16.6. The highest BCUT2D eigenvalue weighted by Crippen LogP contribution is 2.29. The normalized spacial score (nSPS) is 19.6. The van der Waals surface area contributed by atoms with E-state index in [1.165, 1.54) is 15.6 Å². The predicted octanol–water partition coefficient (Wildman–Crippen LogP) is 2.62. The summed E-state index contributed by atoms with van der Waals surface area (Å²) in [6, 6.07) is 3.27. The third kappa shape index (κ3) is 3.79. The van der Waals surface area contributed by atoms with E-state index in [0.29, 0.717) is 18.1 Å². The molecule has 3 rings (SSSR count). The van der Waals surface area contributed by atoms with Gasteiger partial charge in [0.05, 0.1) is 16.8 Å². The number of nitrogens with zero attached hydrogens (tertiary/aromatic N) is 2. The van der Waals surface area contributed by atoms with Crippen LogP contribution in [0.2, 0.25) is 0 Å². The summed E-state index contributed by atoms with van der Waals surface area (Å²) >= 11 is 2.93. The van der Waals surface area contributed by atoms with E-state index in [2.05, 4.69) is 10.3 Å².